The van der Waals surface area contributed by atoms with Crippen molar-refractivity contribution in [3.8, 4) is 0 Å². The van der Waals surface area contributed by atoms with Gasteiger partial charge in [-0.05, 0) is 30.9 Å². The van der Waals surface area contributed by atoms with Crippen LogP contribution >= 0.6 is 12.4 Å². The molecule has 5 heteroatoms. The fraction of sp³-hybridized carbons (Fsp3) is 0.455. The number of halogens is 1. The molecule has 0 spiro atoms. The molecule has 16 heavy (non-hydrogen) atoms. The van der Waals surface area contributed by atoms with Crippen molar-refractivity contribution in [2.75, 3.05) is 12.3 Å². The number of nitrogens with two attached hydrogens (primary N) is 1. The van der Waals surface area contributed by atoms with Crippen molar-refractivity contribution in [1.29, 1.82) is 0 Å². The molecule has 0 unspecified atom stereocenters. The minimum absolute atomic E-state index is 0. The van der Waals surface area contributed by atoms with Crippen LogP contribution in [0.5, 0.6) is 0 Å². The second-order valence-corrected chi connectivity index (χ2v) is 3.98. The Morgan fingerprint density at radius 1 is 1.50 bits per heavy atom. The van der Waals surface area contributed by atoms with Crippen LogP contribution in [0.2, 0.25) is 0 Å². The van der Waals surface area contributed by atoms with Crippen molar-refractivity contribution in [3.63, 3.8) is 0 Å². The van der Waals surface area contributed by atoms with Gasteiger partial charge in [-0.25, -0.2) is 4.98 Å². The average molecular weight is 242 g/mol. The molecule has 1 amide bonds. The first-order chi connectivity index (χ1) is 7.25. The molecule has 3 N–H and O–H groups in total. The first-order valence-corrected chi connectivity index (χ1v) is 5.25. The SMILES string of the molecule is Cl.Nc1ccc(C(=O)NCC2CCC2)nc1. The summed E-state index contributed by atoms with van der Waals surface area (Å²) >= 11 is 0. The molecular formula is C11H16ClN3O. The van der Waals surface area contributed by atoms with Crippen LogP contribution in [0, 0.1) is 5.92 Å². The monoisotopic (exact) mass is 241 g/mol. The molecule has 0 bridgehead atoms. The predicted octanol–water partition coefficient (Wildman–Crippen LogP) is 1.62. The molecule has 0 atom stereocenters. The van der Waals surface area contributed by atoms with Crippen molar-refractivity contribution in [2.24, 2.45) is 5.92 Å². The van der Waals surface area contributed by atoms with Gasteiger partial charge in [0.2, 0.25) is 0 Å². The van der Waals surface area contributed by atoms with Gasteiger partial charge in [0.25, 0.3) is 5.91 Å². The molecule has 0 radical (unpaired) electrons. The van der Waals surface area contributed by atoms with E-state index in [1.54, 1.807) is 12.1 Å². The van der Waals surface area contributed by atoms with Crippen LogP contribution in [-0.2, 0) is 0 Å². The maximum atomic E-state index is 11.6. The van der Waals surface area contributed by atoms with Crippen LogP contribution in [0.3, 0.4) is 0 Å². The lowest BCUT2D eigenvalue weighted by molar-refractivity contribution is 0.0934. The second kappa shape index (κ2) is 5.70. The van der Waals surface area contributed by atoms with E-state index in [2.05, 4.69) is 10.3 Å². The largest absolute Gasteiger partial charge is 0.397 e. The van der Waals surface area contributed by atoms with E-state index in [1.165, 1.54) is 25.5 Å². The highest BCUT2D eigenvalue weighted by atomic mass is 35.5. The van der Waals surface area contributed by atoms with Gasteiger partial charge in [0, 0.05) is 6.54 Å². The molecule has 1 saturated carbocycles. The summed E-state index contributed by atoms with van der Waals surface area (Å²) in [7, 11) is 0. The Morgan fingerprint density at radius 3 is 2.75 bits per heavy atom. The standard InChI is InChI=1S/C11H15N3O.ClH/c12-9-4-5-10(13-7-9)11(15)14-6-8-2-1-3-8;/h4-5,7-8H,1-3,6,12H2,(H,14,15);1H. The summed E-state index contributed by atoms with van der Waals surface area (Å²) in [5.41, 5.74) is 6.49. The Morgan fingerprint density at radius 2 is 2.25 bits per heavy atom. The second-order valence-electron chi connectivity index (χ2n) is 3.98. The normalized spacial score (nSPS) is 14.8. The van der Waals surface area contributed by atoms with Crippen LogP contribution in [0.25, 0.3) is 0 Å². The Labute approximate surface area is 101 Å². The third-order valence-corrected chi connectivity index (χ3v) is 2.80. The van der Waals surface area contributed by atoms with Gasteiger partial charge in [-0.2, -0.15) is 0 Å². The van der Waals surface area contributed by atoms with Gasteiger partial charge in [0.1, 0.15) is 5.69 Å². The maximum absolute atomic E-state index is 11.6. The van der Waals surface area contributed by atoms with E-state index < -0.39 is 0 Å². The highest BCUT2D eigenvalue weighted by molar-refractivity contribution is 5.92. The summed E-state index contributed by atoms with van der Waals surface area (Å²) in [6.45, 7) is 0.769. The van der Waals surface area contributed by atoms with Crippen molar-refractivity contribution >= 4 is 24.0 Å². The first kappa shape index (κ1) is 12.8. The quantitative estimate of drug-likeness (QED) is 0.845. The summed E-state index contributed by atoms with van der Waals surface area (Å²) in [5, 5.41) is 2.88. The highest BCUT2D eigenvalue weighted by Crippen LogP contribution is 2.25. The first-order valence-electron chi connectivity index (χ1n) is 5.25. The fourth-order valence-electron chi connectivity index (χ4n) is 1.56. The maximum Gasteiger partial charge on any atom is 0.269 e. The average Bonchev–Trinajstić information content (AvgIpc) is 2.16. The minimum Gasteiger partial charge on any atom is -0.397 e. The van der Waals surface area contributed by atoms with Gasteiger partial charge in [-0.15, -0.1) is 12.4 Å². The molecule has 0 aromatic carbocycles. The van der Waals surface area contributed by atoms with Gasteiger partial charge in [-0.3, -0.25) is 4.79 Å². The van der Waals surface area contributed by atoms with Crippen molar-refractivity contribution in [2.45, 2.75) is 19.3 Å². The molecule has 88 valence electrons. The number of rotatable bonds is 3. The van der Waals surface area contributed by atoms with Gasteiger partial charge in [0.05, 0.1) is 11.9 Å². The Bertz CT molecular complexity index is 349. The summed E-state index contributed by atoms with van der Waals surface area (Å²) in [5.74, 6) is 0.560. The third-order valence-electron chi connectivity index (χ3n) is 2.80. The van der Waals surface area contributed by atoms with Crippen molar-refractivity contribution in [1.82, 2.24) is 10.3 Å². The molecule has 2 rings (SSSR count). The van der Waals surface area contributed by atoms with Crippen LogP contribution in [0.1, 0.15) is 29.8 Å². The summed E-state index contributed by atoms with van der Waals surface area (Å²) < 4.78 is 0. The van der Waals surface area contributed by atoms with Gasteiger partial charge in [0.15, 0.2) is 0 Å². The van der Waals surface area contributed by atoms with Crippen LogP contribution < -0.4 is 11.1 Å². The number of nitrogens with one attached hydrogen (secondary N) is 1. The number of nitrogens with zero attached hydrogens (tertiary/aromatic N) is 1. The predicted molar refractivity (Wildman–Crippen MR) is 65.6 cm³/mol. The molecule has 0 aliphatic heterocycles. The summed E-state index contributed by atoms with van der Waals surface area (Å²) in [4.78, 5) is 15.5. The zero-order valence-electron chi connectivity index (χ0n) is 8.98. The van der Waals surface area contributed by atoms with Gasteiger partial charge in [-0.1, -0.05) is 6.42 Å². The van der Waals surface area contributed by atoms with Crippen LogP contribution in [0.15, 0.2) is 18.3 Å². The molecule has 4 nitrogen and oxygen atoms in total. The van der Waals surface area contributed by atoms with Gasteiger partial charge >= 0.3 is 0 Å². The van der Waals surface area contributed by atoms with Crippen molar-refractivity contribution in [3.05, 3.63) is 24.0 Å². The molecule has 1 fully saturated rings. The Kier molecular flexibility index (Phi) is 4.55. The summed E-state index contributed by atoms with van der Waals surface area (Å²) in [6.07, 6.45) is 5.25. The topological polar surface area (TPSA) is 68.0 Å². The Balaban J connectivity index is 0.00000128. The fourth-order valence-corrected chi connectivity index (χ4v) is 1.56. The number of carbonyl (C=O) groups is 1. The van der Waals surface area contributed by atoms with E-state index in [0.29, 0.717) is 17.3 Å². The number of hydrogen-bond donors (Lipinski definition) is 2. The molecular weight excluding hydrogens is 226 g/mol. The molecule has 1 aromatic heterocycles. The number of carbonyl (C=O) groups excluding carboxylic acids is 1. The van der Waals surface area contributed by atoms with E-state index in [1.807, 2.05) is 0 Å². The summed E-state index contributed by atoms with van der Waals surface area (Å²) in [6, 6.07) is 3.33. The van der Waals surface area contributed by atoms with E-state index in [-0.39, 0.29) is 18.3 Å². The number of anilines is 1. The lowest BCUT2D eigenvalue weighted by Gasteiger charge is -2.25. The van der Waals surface area contributed by atoms with Crippen LogP contribution in [0.4, 0.5) is 5.69 Å². The number of amides is 1. The van der Waals surface area contributed by atoms with E-state index in [4.69, 9.17) is 5.73 Å². The highest BCUT2D eigenvalue weighted by Gasteiger charge is 2.18. The third kappa shape index (κ3) is 3.10. The lowest BCUT2D eigenvalue weighted by atomic mass is 9.85. The van der Waals surface area contributed by atoms with E-state index >= 15 is 0 Å². The lowest BCUT2D eigenvalue weighted by Crippen LogP contribution is -2.32. The number of pyridine rings is 1. The smallest absolute Gasteiger partial charge is 0.269 e. The molecule has 1 heterocycles. The number of hydrogen-bond acceptors (Lipinski definition) is 3. The van der Waals surface area contributed by atoms with E-state index in [0.717, 1.165) is 6.54 Å². The number of aromatic nitrogens is 1. The van der Waals surface area contributed by atoms with Gasteiger partial charge < -0.3 is 11.1 Å². The molecule has 1 aromatic rings. The van der Waals surface area contributed by atoms with E-state index in [9.17, 15) is 4.79 Å². The molecule has 0 saturated heterocycles. The minimum atomic E-state index is -0.109. The Hall–Kier alpha value is -1.29. The zero-order valence-corrected chi connectivity index (χ0v) is 9.80. The zero-order chi connectivity index (χ0) is 10.7. The van der Waals surface area contributed by atoms with Crippen LogP contribution in [-0.4, -0.2) is 17.4 Å². The van der Waals surface area contributed by atoms with Crippen molar-refractivity contribution < 1.29 is 4.79 Å². The molecule has 1 aliphatic carbocycles. The molecule has 1 aliphatic rings. The number of nitrogen functional groups attached to an aromatic ring is 1.